The molecule has 0 saturated heterocycles. The van der Waals surface area contributed by atoms with Gasteiger partial charge in [0.25, 0.3) is 0 Å². The summed E-state index contributed by atoms with van der Waals surface area (Å²) in [5, 5.41) is 11.7. The van der Waals surface area contributed by atoms with Crippen LogP contribution in [0.3, 0.4) is 0 Å². The number of benzene rings is 2. The van der Waals surface area contributed by atoms with Crippen molar-refractivity contribution in [3.8, 4) is 22.8 Å². The first kappa shape index (κ1) is 29.5. The van der Waals surface area contributed by atoms with Gasteiger partial charge in [0.15, 0.2) is 0 Å². The van der Waals surface area contributed by atoms with Crippen LogP contribution in [-0.4, -0.2) is 37.1 Å². The molecule has 1 aliphatic heterocycles. The molecule has 0 bridgehead atoms. The molecule has 1 saturated carbocycles. The van der Waals surface area contributed by atoms with Crippen LogP contribution >= 0.6 is 0 Å². The molecule has 0 N–H and O–H groups in total. The van der Waals surface area contributed by atoms with Crippen LogP contribution < -0.4 is 44.1 Å². The summed E-state index contributed by atoms with van der Waals surface area (Å²) in [5.41, 5.74) is 5.41. The first-order valence-corrected chi connectivity index (χ1v) is 13.2. The van der Waals surface area contributed by atoms with Crippen molar-refractivity contribution in [1.29, 1.82) is 0 Å². The molecule has 2 heterocycles. The molecule has 6 nitrogen and oxygen atoms in total. The Morgan fingerprint density at radius 2 is 1.92 bits per heavy atom. The standard InChI is InChI=1S/C31H35FN2O4.Na/c1-18(31(35)36)30(20-6-7-20)22-8-5-19-10-12-27(38-28(19)14-22)21-9-11-24(23(13-21)17-34(2)3)25-15-29(37-4)33-16-26(25)32;/h5,8-9,11,13-16,18,20,27,30H,6-7,10,12,17H2,1-4H3,(H,35,36);/q;+1/p-1/t18-,27?,30-;/m0./s1. The van der Waals surface area contributed by atoms with Gasteiger partial charge in [0, 0.05) is 30.1 Å². The molecule has 1 unspecified atom stereocenters. The molecular weight excluding hydrogens is 506 g/mol. The number of halogens is 1. The number of pyridine rings is 1. The van der Waals surface area contributed by atoms with Crippen molar-refractivity contribution in [3.05, 3.63) is 76.7 Å². The van der Waals surface area contributed by atoms with Gasteiger partial charge >= 0.3 is 29.6 Å². The monoisotopic (exact) mass is 540 g/mol. The van der Waals surface area contributed by atoms with E-state index in [1.54, 1.807) is 13.0 Å². The minimum Gasteiger partial charge on any atom is -0.550 e. The van der Waals surface area contributed by atoms with Crippen molar-refractivity contribution in [1.82, 2.24) is 9.88 Å². The number of hydrogen-bond acceptors (Lipinski definition) is 6. The van der Waals surface area contributed by atoms with E-state index in [9.17, 15) is 14.3 Å². The van der Waals surface area contributed by atoms with Gasteiger partial charge in [-0.1, -0.05) is 37.3 Å². The smallest absolute Gasteiger partial charge is 0.550 e. The number of carbonyl (C=O) groups excluding carboxylic acids is 1. The van der Waals surface area contributed by atoms with Gasteiger partial charge in [-0.3, -0.25) is 0 Å². The molecule has 1 aromatic heterocycles. The molecule has 1 aliphatic carbocycles. The zero-order chi connectivity index (χ0) is 27.0. The second-order valence-electron chi connectivity index (χ2n) is 10.8. The first-order chi connectivity index (χ1) is 18.2. The van der Waals surface area contributed by atoms with Crippen LogP contribution in [0.1, 0.15) is 60.5 Å². The average Bonchev–Trinajstić information content (AvgIpc) is 3.73. The maximum atomic E-state index is 14.8. The first-order valence-electron chi connectivity index (χ1n) is 13.2. The number of carboxylic acids is 1. The molecule has 39 heavy (non-hydrogen) atoms. The van der Waals surface area contributed by atoms with Gasteiger partial charge in [-0.05, 0) is 85.5 Å². The van der Waals surface area contributed by atoms with Gasteiger partial charge in [0.1, 0.15) is 17.7 Å². The maximum Gasteiger partial charge on any atom is 1.00 e. The second kappa shape index (κ2) is 12.4. The quantitative estimate of drug-likeness (QED) is 0.386. The summed E-state index contributed by atoms with van der Waals surface area (Å²) in [6.45, 7) is 2.38. The minimum absolute atomic E-state index is 0. The average molecular weight is 541 g/mol. The van der Waals surface area contributed by atoms with Crippen LogP contribution in [0.4, 0.5) is 4.39 Å². The van der Waals surface area contributed by atoms with E-state index in [-0.39, 0.29) is 41.6 Å². The van der Waals surface area contributed by atoms with Gasteiger partial charge in [0.05, 0.1) is 13.3 Å². The van der Waals surface area contributed by atoms with Crippen molar-refractivity contribution in [3.63, 3.8) is 0 Å². The van der Waals surface area contributed by atoms with E-state index in [0.717, 1.165) is 59.3 Å². The van der Waals surface area contributed by atoms with Gasteiger partial charge < -0.3 is 24.3 Å². The van der Waals surface area contributed by atoms with Crippen molar-refractivity contribution < 1.29 is 53.3 Å². The Hall–Kier alpha value is -2.45. The molecule has 8 heteroatoms. The van der Waals surface area contributed by atoms with Gasteiger partial charge in [-0.2, -0.15) is 0 Å². The summed E-state index contributed by atoms with van der Waals surface area (Å²) in [6, 6.07) is 13.9. The number of methoxy groups -OCH3 is 1. The summed E-state index contributed by atoms with van der Waals surface area (Å²) < 4.78 is 26.6. The van der Waals surface area contributed by atoms with E-state index in [4.69, 9.17) is 9.47 Å². The van der Waals surface area contributed by atoms with Gasteiger partial charge in [-0.25, -0.2) is 9.37 Å². The number of carbonyl (C=O) groups is 1. The Balaban J connectivity index is 0.00000353. The van der Waals surface area contributed by atoms with Crippen LogP contribution in [0.15, 0.2) is 48.7 Å². The zero-order valence-electron chi connectivity index (χ0n) is 23.4. The molecule has 200 valence electrons. The summed E-state index contributed by atoms with van der Waals surface area (Å²) in [5.74, 6) is -0.450. The maximum absolute atomic E-state index is 14.8. The number of ether oxygens (including phenoxy) is 2. The number of aromatic nitrogens is 1. The number of hydrogen-bond donors (Lipinski definition) is 0. The SMILES string of the molecule is COc1cc(-c2ccc(C3CCc4ccc([C@H](C5CC5)[C@H](C)C(=O)[O-])cc4O3)cc2CN(C)C)c(F)cn1.[Na+]. The number of aryl methyl sites for hydroxylation is 1. The summed E-state index contributed by atoms with van der Waals surface area (Å²) >= 11 is 0. The molecule has 2 aromatic carbocycles. The topological polar surface area (TPSA) is 74.7 Å². The van der Waals surface area contributed by atoms with Crippen molar-refractivity contribution >= 4 is 5.97 Å². The number of nitrogens with zero attached hydrogens (tertiary/aromatic N) is 2. The van der Waals surface area contributed by atoms with E-state index >= 15 is 0 Å². The Kier molecular flexibility index (Phi) is 9.37. The Labute approximate surface area is 251 Å². The van der Waals surface area contributed by atoms with Crippen LogP contribution in [0, 0.1) is 17.7 Å². The Bertz CT molecular complexity index is 1340. The molecule has 5 rings (SSSR count). The van der Waals surface area contributed by atoms with E-state index < -0.39 is 17.7 Å². The predicted molar refractivity (Wildman–Crippen MR) is 141 cm³/mol. The van der Waals surface area contributed by atoms with Crippen LogP contribution in [0.5, 0.6) is 11.6 Å². The van der Waals surface area contributed by atoms with E-state index in [2.05, 4.69) is 28.1 Å². The second-order valence-corrected chi connectivity index (χ2v) is 10.8. The molecule has 3 atom stereocenters. The number of fused-ring (bicyclic) bond motifs is 1. The third kappa shape index (κ3) is 6.49. The molecular formula is C31H34FN2NaO4. The minimum atomic E-state index is -1.00. The van der Waals surface area contributed by atoms with Crippen molar-refractivity contribution in [2.24, 2.45) is 11.8 Å². The number of aliphatic carboxylic acids is 1. The predicted octanol–water partition coefficient (Wildman–Crippen LogP) is 1.91. The fourth-order valence-electron chi connectivity index (χ4n) is 5.68. The van der Waals surface area contributed by atoms with Crippen LogP contribution in [0.25, 0.3) is 11.1 Å². The van der Waals surface area contributed by atoms with Crippen molar-refractivity contribution in [2.45, 2.75) is 51.2 Å². The third-order valence-electron chi connectivity index (χ3n) is 7.78. The molecule has 0 radical (unpaired) electrons. The van der Waals surface area contributed by atoms with E-state index in [1.165, 1.54) is 13.3 Å². The summed E-state index contributed by atoms with van der Waals surface area (Å²) in [6.07, 6.45) is 4.83. The van der Waals surface area contributed by atoms with Gasteiger partial charge in [0.2, 0.25) is 5.88 Å². The van der Waals surface area contributed by atoms with Crippen LogP contribution in [-0.2, 0) is 17.8 Å². The van der Waals surface area contributed by atoms with Crippen LogP contribution in [0.2, 0.25) is 0 Å². The molecule has 0 spiro atoms. The largest absolute Gasteiger partial charge is 1.00 e. The fourth-order valence-corrected chi connectivity index (χ4v) is 5.68. The third-order valence-corrected chi connectivity index (χ3v) is 7.78. The molecule has 0 amide bonds. The molecule has 2 aliphatic rings. The molecule has 1 fully saturated rings. The normalized spacial score (nSPS) is 17.9. The van der Waals surface area contributed by atoms with E-state index in [0.29, 0.717) is 23.9 Å². The molecule has 3 aromatic rings. The summed E-state index contributed by atoms with van der Waals surface area (Å²) in [7, 11) is 5.49. The van der Waals surface area contributed by atoms with E-state index in [1.807, 2.05) is 32.3 Å². The number of carboxylic acid groups (broad SMARTS) is 1. The fraction of sp³-hybridized carbons (Fsp3) is 0.419. The summed E-state index contributed by atoms with van der Waals surface area (Å²) in [4.78, 5) is 17.7. The van der Waals surface area contributed by atoms with Crippen molar-refractivity contribution in [2.75, 3.05) is 21.2 Å². The van der Waals surface area contributed by atoms with Gasteiger partial charge in [-0.15, -0.1) is 0 Å². The Morgan fingerprint density at radius 1 is 1.15 bits per heavy atom. The number of rotatable bonds is 9. The zero-order valence-corrected chi connectivity index (χ0v) is 25.4. The Morgan fingerprint density at radius 3 is 2.59 bits per heavy atom.